The molecule has 0 aliphatic heterocycles. The van der Waals surface area contributed by atoms with Crippen LogP contribution in [0.4, 0.5) is 4.79 Å². The Labute approximate surface area is 150 Å². The van der Waals surface area contributed by atoms with Gasteiger partial charge in [-0.25, -0.2) is 4.79 Å². The summed E-state index contributed by atoms with van der Waals surface area (Å²) in [7, 11) is 1.58. The summed E-state index contributed by atoms with van der Waals surface area (Å²) in [5.74, 6) is 0.971. The van der Waals surface area contributed by atoms with E-state index in [1.54, 1.807) is 13.2 Å². The molecule has 2 rings (SSSR count). The van der Waals surface area contributed by atoms with Crippen molar-refractivity contribution in [1.82, 2.24) is 15.5 Å². The van der Waals surface area contributed by atoms with Crippen LogP contribution in [0.5, 0.6) is 5.75 Å². The number of carbonyl (C=O) groups is 2. The van der Waals surface area contributed by atoms with Crippen LogP contribution in [0.3, 0.4) is 0 Å². The van der Waals surface area contributed by atoms with Gasteiger partial charge in [-0.15, -0.1) is 0 Å². The van der Waals surface area contributed by atoms with Gasteiger partial charge < -0.3 is 25.0 Å². The van der Waals surface area contributed by atoms with E-state index in [-0.39, 0.29) is 24.9 Å². The molecule has 0 atom stereocenters. The van der Waals surface area contributed by atoms with Gasteiger partial charge in [0, 0.05) is 18.5 Å². The summed E-state index contributed by atoms with van der Waals surface area (Å²) in [6, 6.07) is 6.71. The average Bonchev–Trinajstić information content (AvgIpc) is 3.12. The molecule has 0 spiro atoms. The first-order valence-corrected chi connectivity index (χ1v) is 8.24. The SMILES string of the molecule is COc1cccc(-c2noc(COC(=O)CCCCCNC(N)=O)n2)c1. The van der Waals surface area contributed by atoms with E-state index in [0.717, 1.165) is 18.4 Å². The zero-order valence-electron chi connectivity index (χ0n) is 14.6. The van der Waals surface area contributed by atoms with Crippen molar-refractivity contribution >= 4 is 12.0 Å². The number of nitrogens with two attached hydrogens (primary N) is 1. The lowest BCUT2D eigenvalue weighted by Gasteiger charge is -2.03. The second-order valence-corrected chi connectivity index (χ2v) is 5.51. The van der Waals surface area contributed by atoms with Crippen molar-refractivity contribution in [3.8, 4) is 17.1 Å². The molecule has 0 saturated carbocycles. The number of hydrogen-bond donors (Lipinski definition) is 2. The molecule has 2 aromatic rings. The van der Waals surface area contributed by atoms with E-state index in [1.807, 2.05) is 18.2 Å². The molecule has 9 heteroatoms. The molecule has 1 heterocycles. The molecule has 0 bridgehead atoms. The molecule has 0 aliphatic rings. The van der Waals surface area contributed by atoms with Crippen molar-refractivity contribution in [3.63, 3.8) is 0 Å². The fourth-order valence-corrected chi connectivity index (χ4v) is 2.19. The molecule has 1 aromatic carbocycles. The molecule has 0 fully saturated rings. The molecule has 0 aliphatic carbocycles. The molecule has 140 valence electrons. The number of nitrogens with one attached hydrogen (secondary N) is 1. The molecular weight excluding hydrogens is 340 g/mol. The Bertz CT molecular complexity index is 731. The highest BCUT2D eigenvalue weighted by Gasteiger charge is 2.11. The molecule has 3 N–H and O–H groups in total. The highest BCUT2D eigenvalue weighted by atomic mass is 16.6. The molecule has 1 aromatic heterocycles. The van der Waals surface area contributed by atoms with Gasteiger partial charge in [-0.05, 0) is 25.0 Å². The normalized spacial score (nSPS) is 10.3. The van der Waals surface area contributed by atoms with Crippen LogP contribution in [-0.4, -0.2) is 35.8 Å². The topological polar surface area (TPSA) is 130 Å². The standard InChI is InChI=1S/C17H22N4O5/c1-24-13-7-5-6-12(10-13)16-20-14(26-21-16)11-25-15(22)8-3-2-4-9-19-17(18)23/h5-7,10H,2-4,8-9,11H2,1H3,(H3,18,19,23). The number of nitrogens with zero attached hydrogens (tertiary/aromatic N) is 2. The van der Waals surface area contributed by atoms with Gasteiger partial charge in [-0.3, -0.25) is 4.79 Å². The predicted molar refractivity (Wildman–Crippen MR) is 92.1 cm³/mol. The summed E-state index contributed by atoms with van der Waals surface area (Å²) in [5.41, 5.74) is 5.70. The fraction of sp³-hybridized carbons (Fsp3) is 0.412. The molecule has 0 unspecified atom stereocenters. The third-order valence-electron chi connectivity index (χ3n) is 3.51. The Morgan fingerprint density at radius 1 is 1.27 bits per heavy atom. The van der Waals surface area contributed by atoms with E-state index in [2.05, 4.69) is 15.5 Å². The quantitative estimate of drug-likeness (QED) is 0.488. The summed E-state index contributed by atoms with van der Waals surface area (Å²) in [5, 5.41) is 6.36. The van der Waals surface area contributed by atoms with E-state index in [1.165, 1.54) is 0 Å². The lowest BCUT2D eigenvalue weighted by Crippen LogP contribution is -2.29. The zero-order valence-corrected chi connectivity index (χ0v) is 14.6. The lowest BCUT2D eigenvalue weighted by atomic mass is 10.2. The van der Waals surface area contributed by atoms with Gasteiger partial charge in [0.25, 0.3) is 5.89 Å². The van der Waals surface area contributed by atoms with E-state index < -0.39 is 6.03 Å². The van der Waals surface area contributed by atoms with Crippen molar-refractivity contribution in [2.75, 3.05) is 13.7 Å². The maximum absolute atomic E-state index is 11.7. The zero-order chi connectivity index (χ0) is 18.8. The first kappa shape index (κ1) is 19.2. The number of carbonyl (C=O) groups excluding carboxylic acids is 2. The highest BCUT2D eigenvalue weighted by molar-refractivity contribution is 5.71. The van der Waals surface area contributed by atoms with Gasteiger partial charge in [0.15, 0.2) is 6.61 Å². The van der Waals surface area contributed by atoms with Gasteiger partial charge >= 0.3 is 12.0 Å². The van der Waals surface area contributed by atoms with Crippen LogP contribution in [0.25, 0.3) is 11.4 Å². The van der Waals surface area contributed by atoms with E-state index >= 15 is 0 Å². The Hall–Kier alpha value is -3.10. The maximum atomic E-state index is 11.7. The summed E-state index contributed by atoms with van der Waals surface area (Å²) in [6.45, 7) is 0.429. The van der Waals surface area contributed by atoms with E-state index in [4.69, 9.17) is 19.7 Å². The van der Waals surface area contributed by atoms with E-state index in [0.29, 0.717) is 24.5 Å². The minimum Gasteiger partial charge on any atom is -0.497 e. The number of amides is 2. The number of esters is 1. The smallest absolute Gasteiger partial charge is 0.312 e. The lowest BCUT2D eigenvalue weighted by molar-refractivity contribution is -0.145. The Kier molecular flexibility index (Phi) is 7.41. The van der Waals surface area contributed by atoms with Crippen molar-refractivity contribution in [1.29, 1.82) is 0 Å². The van der Waals surface area contributed by atoms with Gasteiger partial charge in [-0.1, -0.05) is 23.7 Å². The minimum atomic E-state index is -0.544. The minimum absolute atomic E-state index is 0.0704. The number of aromatic nitrogens is 2. The highest BCUT2D eigenvalue weighted by Crippen LogP contribution is 2.21. The van der Waals surface area contributed by atoms with Crippen LogP contribution in [0.15, 0.2) is 28.8 Å². The van der Waals surface area contributed by atoms with Crippen LogP contribution in [0.1, 0.15) is 31.6 Å². The predicted octanol–water partition coefficient (Wildman–Crippen LogP) is 2.02. The summed E-state index contributed by atoms with van der Waals surface area (Å²) in [6.07, 6.45) is 2.49. The summed E-state index contributed by atoms with van der Waals surface area (Å²) >= 11 is 0. The fourth-order valence-electron chi connectivity index (χ4n) is 2.19. The summed E-state index contributed by atoms with van der Waals surface area (Å²) < 4.78 is 15.4. The van der Waals surface area contributed by atoms with Crippen LogP contribution in [0, 0.1) is 0 Å². The van der Waals surface area contributed by atoms with Crippen molar-refractivity contribution < 1.29 is 23.6 Å². The number of urea groups is 1. The Morgan fingerprint density at radius 3 is 2.88 bits per heavy atom. The molecular formula is C17H22N4O5. The number of hydrogen-bond acceptors (Lipinski definition) is 7. The van der Waals surface area contributed by atoms with Crippen LogP contribution < -0.4 is 15.8 Å². The first-order chi connectivity index (χ1) is 12.6. The van der Waals surface area contributed by atoms with Gasteiger partial charge in [-0.2, -0.15) is 4.98 Å². The molecule has 0 saturated heterocycles. The largest absolute Gasteiger partial charge is 0.497 e. The molecule has 2 amide bonds. The van der Waals surface area contributed by atoms with Crippen LogP contribution in [0.2, 0.25) is 0 Å². The number of unbranched alkanes of at least 4 members (excludes halogenated alkanes) is 2. The van der Waals surface area contributed by atoms with Crippen LogP contribution in [-0.2, 0) is 16.1 Å². The van der Waals surface area contributed by atoms with Crippen molar-refractivity contribution in [2.45, 2.75) is 32.3 Å². The van der Waals surface area contributed by atoms with Gasteiger partial charge in [0.1, 0.15) is 5.75 Å². The van der Waals surface area contributed by atoms with Crippen molar-refractivity contribution in [2.24, 2.45) is 5.73 Å². The summed E-state index contributed by atoms with van der Waals surface area (Å²) in [4.78, 5) is 26.4. The number of rotatable bonds is 10. The average molecular weight is 362 g/mol. The first-order valence-electron chi connectivity index (χ1n) is 8.24. The van der Waals surface area contributed by atoms with E-state index in [9.17, 15) is 9.59 Å². The monoisotopic (exact) mass is 362 g/mol. The number of ether oxygens (including phenoxy) is 2. The van der Waals surface area contributed by atoms with Gasteiger partial charge in [0.05, 0.1) is 7.11 Å². The second kappa shape index (κ2) is 10.0. The number of primary amides is 1. The Morgan fingerprint density at radius 2 is 2.12 bits per heavy atom. The van der Waals surface area contributed by atoms with Gasteiger partial charge in [0.2, 0.25) is 5.82 Å². The van der Waals surface area contributed by atoms with Crippen molar-refractivity contribution in [3.05, 3.63) is 30.2 Å². The molecule has 9 nitrogen and oxygen atoms in total. The maximum Gasteiger partial charge on any atom is 0.312 e. The third kappa shape index (κ3) is 6.42. The third-order valence-corrected chi connectivity index (χ3v) is 3.51. The van der Waals surface area contributed by atoms with Crippen LogP contribution >= 0.6 is 0 Å². The second-order valence-electron chi connectivity index (χ2n) is 5.51. The Balaban J connectivity index is 1.70. The number of benzene rings is 1. The molecule has 26 heavy (non-hydrogen) atoms. The molecule has 0 radical (unpaired) electrons. The number of methoxy groups -OCH3 is 1.